The van der Waals surface area contributed by atoms with E-state index in [2.05, 4.69) is 10.6 Å². The maximum atomic E-state index is 12.2. The molecule has 0 aromatic heterocycles. The molecule has 3 rings (SSSR count). The molecule has 2 aliphatic rings. The van der Waals surface area contributed by atoms with E-state index in [1.54, 1.807) is 6.92 Å². The average Bonchev–Trinajstić information content (AvgIpc) is 2.54. The summed E-state index contributed by atoms with van der Waals surface area (Å²) < 4.78 is 0. The molecule has 0 spiro atoms. The van der Waals surface area contributed by atoms with Crippen molar-refractivity contribution in [3.63, 3.8) is 0 Å². The molecule has 1 fully saturated rings. The standard InChI is InChI=1S/C15H15N3O5S/c1-7-6-24-13-10(12(20)18(13)11(7)14(21)22)17-15(23)16-8-2-4-9(19)5-3-8/h2-5,10,13,19H,6H2,1H3,(H,21,22)(H2,16,17,23)/t10-,13-/m1/s1. The first-order chi connectivity index (χ1) is 11.4. The number of rotatable bonds is 3. The third-order valence-electron chi connectivity index (χ3n) is 3.77. The number of hydrogen-bond acceptors (Lipinski definition) is 5. The molecule has 0 aliphatic carbocycles. The molecule has 2 atom stereocenters. The highest BCUT2D eigenvalue weighted by Gasteiger charge is 2.53. The third kappa shape index (κ3) is 2.78. The third-order valence-corrected chi connectivity index (χ3v) is 5.20. The van der Waals surface area contributed by atoms with Crippen LogP contribution in [0.5, 0.6) is 5.75 Å². The molecule has 2 aliphatic heterocycles. The number of nitrogens with one attached hydrogen (secondary N) is 2. The fraction of sp³-hybridized carbons (Fsp3) is 0.267. The van der Waals surface area contributed by atoms with Crippen LogP contribution in [0.2, 0.25) is 0 Å². The van der Waals surface area contributed by atoms with Gasteiger partial charge in [-0.25, -0.2) is 9.59 Å². The van der Waals surface area contributed by atoms with E-state index >= 15 is 0 Å². The van der Waals surface area contributed by atoms with Gasteiger partial charge in [0.2, 0.25) is 0 Å². The fourth-order valence-corrected chi connectivity index (χ4v) is 3.92. The van der Waals surface area contributed by atoms with Gasteiger partial charge in [0.15, 0.2) is 0 Å². The van der Waals surface area contributed by atoms with Crippen molar-refractivity contribution in [3.8, 4) is 5.75 Å². The van der Waals surface area contributed by atoms with E-state index in [1.807, 2.05) is 0 Å². The highest BCUT2D eigenvalue weighted by atomic mass is 32.2. The predicted octanol–water partition coefficient (Wildman–Crippen LogP) is 1.16. The Morgan fingerprint density at radius 1 is 1.29 bits per heavy atom. The highest BCUT2D eigenvalue weighted by molar-refractivity contribution is 8.00. The van der Waals surface area contributed by atoms with Crippen LogP contribution in [0.4, 0.5) is 10.5 Å². The van der Waals surface area contributed by atoms with Crippen LogP contribution in [-0.2, 0) is 9.59 Å². The summed E-state index contributed by atoms with van der Waals surface area (Å²) >= 11 is 1.41. The number of phenolic OH excluding ortho intramolecular Hbond substituents is 1. The number of thioether (sulfide) groups is 1. The Morgan fingerprint density at radius 2 is 1.96 bits per heavy atom. The van der Waals surface area contributed by atoms with E-state index in [9.17, 15) is 24.6 Å². The smallest absolute Gasteiger partial charge is 0.352 e. The quantitative estimate of drug-likeness (QED) is 0.480. The lowest BCUT2D eigenvalue weighted by molar-refractivity contribution is -0.148. The molecule has 1 aromatic rings. The second kappa shape index (κ2) is 6.08. The summed E-state index contributed by atoms with van der Waals surface area (Å²) in [5, 5.41) is 23.2. The molecule has 24 heavy (non-hydrogen) atoms. The van der Waals surface area contributed by atoms with Crippen LogP contribution in [-0.4, -0.2) is 50.2 Å². The van der Waals surface area contributed by atoms with E-state index in [1.165, 1.54) is 40.9 Å². The van der Waals surface area contributed by atoms with Crippen molar-refractivity contribution in [2.45, 2.75) is 18.3 Å². The number of hydrogen-bond donors (Lipinski definition) is 4. The normalized spacial score (nSPS) is 22.5. The van der Waals surface area contributed by atoms with Crippen molar-refractivity contribution in [2.24, 2.45) is 0 Å². The van der Waals surface area contributed by atoms with Gasteiger partial charge >= 0.3 is 12.0 Å². The lowest BCUT2D eigenvalue weighted by Crippen LogP contribution is -2.70. The summed E-state index contributed by atoms with van der Waals surface area (Å²) in [4.78, 5) is 36.8. The van der Waals surface area contributed by atoms with E-state index < -0.39 is 29.3 Å². The summed E-state index contributed by atoms with van der Waals surface area (Å²) in [6.07, 6.45) is 0. The lowest BCUT2D eigenvalue weighted by Gasteiger charge is -2.49. The summed E-state index contributed by atoms with van der Waals surface area (Å²) in [5.41, 5.74) is 1.09. The SMILES string of the molecule is CC1=C(C(=O)O)N2C(=O)[C@@H](NC(=O)Nc3ccc(O)cc3)[C@H]2SC1. The first-order valence-corrected chi connectivity index (χ1v) is 8.17. The molecule has 3 amide bonds. The van der Waals surface area contributed by atoms with Crippen LogP contribution >= 0.6 is 11.8 Å². The van der Waals surface area contributed by atoms with Gasteiger partial charge in [-0.2, -0.15) is 0 Å². The second-order valence-electron chi connectivity index (χ2n) is 5.47. The van der Waals surface area contributed by atoms with Crippen molar-refractivity contribution in [3.05, 3.63) is 35.5 Å². The van der Waals surface area contributed by atoms with Gasteiger partial charge in [-0.3, -0.25) is 9.69 Å². The predicted molar refractivity (Wildman–Crippen MR) is 87.5 cm³/mol. The number of benzene rings is 1. The van der Waals surface area contributed by atoms with Crippen LogP contribution in [0.1, 0.15) is 6.92 Å². The number of aliphatic carboxylic acids is 1. The molecule has 0 bridgehead atoms. The Bertz CT molecular complexity index is 746. The number of β-lactam (4-membered cyclic amide) rings is 1. The summed E-state index contributed by atoms with van der Waals surface area (Å²) in [5.74, 6) is -1.01. The number of anilines is 1. The molecule has 1 aromatic carbocycles. The Hall–Kier alpha value is -2.68. The molecule has 8 nitrogen and oxygen atoms in total. The molecule has 0 saturated carbocycles. The number of aromatic hydroxyl groups is 1. The molecule has 0 radical (unpaired) electrons. The van der Waals surface area contributed by atoms with Crippen molar-refractivity contribution >= 4 is 35.4 Å². The molecule has 2 heterocycles. The van der Waals surface area contributed by atoms with Crippen LogP contribution in [0.3, 0.4) is 0 Å². The largest absolute Gasteiger partial charge is 0.508 e. The minimum Gasteiger partial charge on any atom is -0.508 e. The first kappa shape index (κ1) is 16.2. The average molecular weight is 349 g/mol. The summed E-state index contributed by atoms with van der Waals surface area (Å²) in [6, 6.07) is 4.56. The summed E-state index contributed by atoms with van der Waals surface area (Å²) in [6.45, 7) is 1.68. The van der Waals surface area contributed by atoms with Crippen LogP contribution in [0.25, 0.3) is 0 Å². The lowest BCUT2D eigenvalue weighted by atomic mass is 10.0. The van der Waals surface area contributed by atoms with Crippen molar-refractivity contribution in [1.82, 2.24) is 10.2 Å². The van der Waals surface area contributed by atoms with E-state index in [0.717, 1.165) is 0 Å². The van der Waals surface area contributed by atoms with E-state index in [0.29, 0.717) is 17.0 Å². The number of nitrogens with zero attached hydrogens (tertiary/aromatic N) is 1. The monoisotopic (exact) mass is 349 g/mol. The Labute approximate surface area is 141 Å². The Kier molecular flexibility index (Phi) is 4.10. The fourth-order valence-electron chi connectivity index (χ4n) is 2.63. The van der Waals surface area contributed by atoms with Crippen LogP contribution < -0.4 is 10.6 Å². The minimum atomic E-state index is -1.14. The van der Waals surface area contributed by atoms with Crippen LogP contribution in [0.15, 0.2) is 35.5 Å². The number of carboxylic acid groups (broad SMARTS) is 1. The van der Waals surface area contributed by atoms with Gasteiger partial charge in [0.05, 0.1) is 0 Å². The van der Waals surface area contributed by atoms with Crippen molar-refractivity contribution in [1.29, 1.82) is 0 Å². The zero-order chi connectivity index (χ0) is 17.4. The molecule has 126 valence electrons. The maximum Gasteiger partial charge on any atom is 0.352 e. The van der Waals surface area contributed by atoms with Gasteiger partial charge in [-0.1, -0.05) is 0 Å². The molecular formula is C15H15N3O5S. The zero-order valence-corrected chi connectivity index (χ0v) is 13.5. The number of carboxylic acids is 1. The van der Waals surface area contributed by atoms with Crippen molar-refractivity contribution < 1.29 is 24.6 Å². The second-order valence-corrected chi connectivity index (χ2v) is 6.57. The number of urea groups is 1. The minimum absolute atomic E-state index is 0.000688. The van der Waals surface area contributed by atoms with E-state index in [-0.39, 0.29) is 11.4 Å². The van der Waals surface area contributed by atoms with E-state index in [4.69, 9.17) is 0 Å². The van der Waals surface area contributed by atoms with Crippen molar-refractivity contribution in [2.75, 3.05) is 11.1 Å². The Balaban J connectivity index is 1.66. The molecule has 9 heteroatoms. The topological polar surface area (TPSA) is 119 Å². The maximum absolute atomic E-state index is 12.2. The number of carbonyl (C=O) groups excluding carboxylic acids is 2. The zero-order valence-electron chi connectivity index (χ0n) is 12.6. The highest BCUT2D eigenvalue weighted by Crippen LogP contribution is 2.40. The van der Waals surface area contributed by atoms with Gasteiger partial charge < -0.3 is 20.8 Å². The first-order valence-electron chi connectivity index (χ1n) is 7.12. The number of fused-ring (bicyclic) bond motifs is 1. The van der Waals surface area contributed by atoms with Crippen LogP contribution in [0, 0.1) is 0 Å². The number of phenols is 1. The number of amides is 3. The summed E-state index contributed by atoms with van der Waals surface area (Å²) in [7, 11) is 0. The number of carbonyl (C=O) groups is 3. The molecule has 1 saturated heterocycles. The van der Waals surface area contributed by atoms with Gasteiger partial charge in [0.1, 0.15) is 22.9 Å². The van der Waals surface area contributed by atoms with Gasteiger partial charge in [-0.05, 0) is 36.8 Å². The molecule has 0 unspecified atom stereocenters. The molecular weight excluding hydrogens is 334 g/mol. The van der Waals surface area contributed by atoms with Gasteiger partial charge in [0, 0.05) is 11.4 Å². The molecule has 4 N–H and O–H groups in total. The van der Waals surface area contributed by atoms with Gasteiger partial charge in [0.25, 0.3) is 5.91 Å². The Morgan fingerprint density at radius 3 is 2.58 bits per heavy atom. The van der Waals surface area contributed by atoms with Gasteiger partial charge in [-0.15, -0.1) is 11.8 Å².